The summed E-state index contributed by atoms with van der Waals surface area (Å²) < 4.78 is 5.39. The number of thiophene rings is 1. The summed E-state index contributed by atoms with van der Waals surface area (Å²) >= 11 is 1.22. The van der Waals surface area contributed by atoms with E-state index >= 15 is 0 Å². The summed E-state index contributed by atoms with van der Waals surface area (Å²) in [5.74, 6) is -0.849. The Labute approximate surface area is 157 Å². The molecule has 0 atom stereocenters. The van der Waals surface area contributed by atoms with Crippen LogP contribution in [0.3, 0.4) is 0 Å². The summed E-state index contributed by atoms with van der Waals surface area (Å²) in [5.41, 5.74) is 3.49. The number of nitro groups is 1. The normalized spacial score (nSPS) is 10.9. The number of non-ortho nitro benzene ring substituents is 1. The van der Waals surface area contributed by atoms with Crippen molar-refractivity contribution in [1.29, 1.82) is 0 Å². The number of hydrogen-bond acceptors (Lipinski definition) is 7. The van der Waals surface area contributed by atoms with Gasteiger partial charge in [0.2, 0.25) is 0 Å². The first-order valence-corrected chi connectivity index (χ1v) is 8.49. The highest BCUT2D eigenvalue weighted by atomic mass is 32.1. The zero-order valence-electron chi connectivity index (χ0n) is 14.0. The molecule has 0 radical (unpaired) electrons. The fourth-order valence-electron chi connectivity index (χ4n) is 2.30. The topological polar surface area (TPSA) is 111 Å². The molecule has 0 aliphatic carbocycles. The van der Waals surface area contributed by atoms with Crippen LogP contribution < -0.4 is 5.43 Å². The first-order chi connectivity index (χ1) is 13.0. The maximum atomic E-state index is 12.2. The molecule has 0 saturated carbocycles. The smallest absolute Gasteiger partial charge is 0.337 e. The molecule has 9 heteroatoms. The standard InChI is InChI=1S/C18H13N3O5S/c1-26-18(23)12-4-2-11(3-5-12)10-19-20-17(22)16-9-13-8-14(21(24)25)6-7-15(13)27-16/h2-10H,1H3,(H,20,22)/b19-10-. The molecule has 0 aliphatic rings. The third kappa shape index (κ3) is 4.15. The molecule has 1 aromatic heterocycles. The predicted octanol–water partition coefficient (Wildman–Crippen LogP) is 3.36. The van der Waals surface area contributed by atoms with Gasteiger partial charge in [-0.1, -0.05) is 12.1 Å². The van der Waals surface area contributed by atoms with Gasteiger partial charge >= 0.3 is 5.97 Å². The number of benzene rings is 2. The lowest BCUT2D eigenvalue weighted by atomic mass is 10.1. The number of methoxy groups -OCH3 is 1. The average Bonchev–Trinajstić information content (AvgIpc) is 3.11. The second kappa shape index (κ2) is 7.75. The van der Waals surface area contributed by atoms with E-state index in [1.807, 2.05) is 0 Å². The number of esters is 1. The lowest BCUT2D eigenvalue weighted by Crippen LogP contribution is -2.16. The van der Waals surface area contributed by atoms with E-state index in [1.54, 1.807) is 36.4 Å². The predicted molar refractivity (Wildman–Crippen MR) is 101 cm³/mol. The molecular weight excluding hydrogens is 370 g/mol. The summed E-state index contributed by atoms with van der Waals surface area (Å²) in [7, 11) is 1.31. The van der Waals surface area contributed by atoms with Crippen LogP contribution in [0.2, 0.25) is 0 Å². The summed E-state index contributed by atoms with van der Waals surface area (Å²) in [6.45, 7) is 0. The van der Waals surface area contributed by atoms with Crippen molar-refractivity contribution in [3.05, 3.63) is 74.6 Å². The van der Waals surface area contributed by atoms with Crippen LogP contribution in [-0.4, -0.2) is 30.1 Å². The molecule has 0 aliphatic heterocycles. The van der Waals surface area contributed by atoms with Crippen molar-refractivity contribution in [2.75, 3.05) is 7.11 Å². The number of ether oxygens (including phenoxy) is 1. The van der Waals surface area contributed by atoms with Crippen LogP contribution >= 0.6 is 11.3 Å². The van der Waals surface area contributed by atoms with Crippen LogP contribution in [0.1, 0.15) is 25.6 Å². The monoisotopic (exact) mass is 383 g/mol. The number of carbonyl (C=O) groups excluding carboxylic acids is 2. The SMILES string of the molecule is COC(=O)c1ccc(/C=N\NC(=O)c2cc3cc([N+](=O)[O-])ccc3s2)cc1. The van der Waals surface area contributed by atoms with Gasteiger partial charge in [-0.3, -0.25) is 14.9 Å². The van der Waals surface area contributed by atoms with Gasteiger partial charge in [0.15, 0.2) is 0 Å². The van der Waals surface area contributed by atoms with Gasteiger partial charge in [-0.25, -0.2) is 10.2 Å². The van der Waals surface area contributed by atoms with Crippen molar-refractivity contribution < 1.29 is 19.2 Å². The molecule has 0 bridgehead atoms. The molecule has 1 heterocycles. The Balaban J connectivity index is 1.68. The Morgan fingerprint density at radius 1 is 1.19 bits per heavy atom. The van der Waals surface area contributed by atoms with Gasteiger partial charge in [0.1, 0.15) is 0 Å². The van der Waals surface area contributed by atoms with Crippen molar-refractivity contribution in [2.24, 2.45) is 5.10 Å². The minimum absolute atomic E-state index is 0.0271. The van der Waals surface area contributed by atoms with E-state index in [-0.39, 0.29) is 5.69 Å². The van der Waals surface area contributed by atoms with Crippen molar-refractivity contribution in [1.82, 2.24) is 5.43 Å². The third-order valence-corrected chi connectivity index (χ3v) is 4.76. The van der Waals surface area contributed by atoms with Gasteiger partial charge in [0.05, 0.1) is 28.7 Å². The fourth-order valence-corrected chi connectivity index (χ4v) is 3.23. The Morgan fingerprint density at radius 3 is 2.59 bits per heavy atom. The molecule has 3 aromatic rings. The number of nitrogens with one attached hydrogen (secondary N) is 1. The number of fused-ring (bicyclic) bond motifs is 1. The number of carbonyl (C=O) groups is 2. The highest BCUT2D eigenvalue weighted by molar-refractivity contribution is 7.20. The minimum Gasteiger partial charge on any atom is -0.465 e. The first-order valence-electron chi connectivity index (χ1n) is 7.67. The van der Waals surface area contributed by atoms with Gasteiger partial charge in [0, 0.05) is 22.2 Å². The van der Waals surface area contributed by atoms with E-state index < -0.39 is 16.8 Å². The van der Waals surface area contributed by atoms with E-state index in [2.05, 4.69) is 15.3 Å². The Hall–Kier alpha value is -3.59. The minimum atomic E-state index is -0.480. The second-order valence-corrected chi connectivity index (χ2v) is 6.49. The maximum absolute atomic E-state index is 12.2. The second-order valence-electron chi connectivity index (χ2n) is 5.40. The van der Waals surface area contributed by atoms with E-state index in [1.165, 1.54) is 36.8 Å². The number of amides is 1. The molecular formula is C18H13N3O5S. The van der Waals surface area contributed by atoms with Gasteiger partial charge in [-0.2, -0.15) is 5.10 Å². The average molecular weight is 383 g/mol. The Kier molecular flexibility index (Phi) is 5.23. The summed E-state index contributed by atoms with van der Waals surface area (Å²) in [6, 6.07) is 12.5. The van der Waals surface area contributed by atoms with Gasteiger partial charge in [-0.15, -0.1) is 11.3 Å². The van der Waals surface area contributed by atoms with Crippen LogP contribution in [0, 0.1) is 10.1 Å². The van der Waals surface area contributed by atoms with Crippen molar-refractivity contribution >= 4 is 45.2 Å². The molecule has 3 rings (SSSR count). The van der Waals surface area contributed by atoms with Crippen molar-refractivity contribution in [2.45, 2.75) is 0 Å². The molecule has 136 valence electrons. The number of nitrogens with zero attached hydrogens (tertiary/aromatic N) is 2. The lowest BCUT2D eigenvalue weighted by molar-refractivity contribution is -0.384. The fraction of sp³-hybridized carbons (Fsp3) is 0.0556. The van der Waals surface area contributed by atoms with Gasteiger partial charge in [-0.05, 0) is 29.8 Å². The van der Waals surface area contributed by atoms with Crippen LogP contribution in [0.5, 0.6) is 0 Å². The largest absolute Gasteiger partial charge is 0.465 e. The summed E-state index contributed by atoms with van der Waals surface area (Å²) in [4.78, 5) is 34.3. The first kappa shape index (κ1) is 18.2. The van der Waals surface area contributed by atoms with Gasteiger partial charge in [0.25, 0.3) is 11.6 Å². The van der Waals surface area contributed by atoms with Crippen LogP contribution in [-0.2, 0) is 4.74 Å². The Morgan fingerprint density at radius 2 is 1.93 bits per heavy atom. The van der Waals surface area contributed by atoms with Crippen molar-refractivity contribution in [3.8, 4) is 0 Å². The van der Waals surface area contributed by atoms with E-state index in [0.717, 1.165) is 4.70 Å². The highest BCUT2D eigenvalue weighted by Crippen LogP contribution is 2.28. The number of hydrogen-bond donors (Lipinski definition) is 1. The molecule has 0 spiro atoms. The van der Waals surface area contributed by atoms with Crippen LogP contribution in [0.15, 0.2) is 53.6 Å². The molecule has 27 heavy (non-hydrogen) atoms. The quantitative estimate of drug-likeness (QED) is 0.314. The maximum Gasteiger partial charge on any atom is 0.337 e. The van der Waals surface area contributed by atoms with Crippen molar-refractivity contribution in [3.63, 3.8) is 0 Å². The molecule has 0 unspecified atom stereocenters. The number of nitro benzene ring substituents is 1. The third-order valence-electron chi connectivity index (χ3n) is 3.65. The summed E-state index contributed by atoms with van der Waals surface area (Å²) in [5, 5.41) is 15.3. The van der Waals surface area contributed by atoms with E-state index in [9.17, 15) is 19.7 Å². The molecule has 8 nitrogen and oxygen atoms in total. The zero-order valence-corrected chi connectivity index (χ0v) is 14.9. The number of hydrazone groups is 1. The van der Waals surface area contributed by atoms with E-state index in [4.69, 9.17) is 0 Å². The Bertz CT molecular complexity index is 1060. The molecule has 0 saturated heterocycles. The summed E-state index contributed by atoms with van der Waals surface area (Å²) in [6.07, 6.45) is 1.44. The molecule has 0 fully saturated rings. The van der Waals surface area contributed by atoms with Crippen LogP contribution in [0.25, 0.3) is 10.1 Å². The zero-order chi connectivity index (χ0) is 19.4. The molecule has 1 amide bonds. The van der Waals surface area contributed by atoms with Gasteiger partial charge < -0.3 is 4.74 Å². The van der Waals surface area contributed by atoms with Crippen LogP contribution in [0.4, 0.5) is 5.69 Å². The number of rotatable bonds is 5. The highest BCUT2D eigenvalue weighted by Gasteiger charge is 2.13. The lowest BCUT2D eigenvalue weighted by Gasteiger charge is -1.99. The molecule has 1 N–H and O–H groups in total. The van der Waals surface area contributed by atoms with E-state index in [0.29, 0.717) is 21.4 Å². The molecule has 2 aromatic carbocycles.